The first-order chi connectivity index (χ1) is 8.28. The fraction of sp³-hybridized carbons (Fsp3) is 0.571. The Hall–Kier alpha value is -0.870. The molecule has 1 aromatic rings. The van der Waals surface area contributed by atoms with Crippen LogP contribution in [0.5, 0.6) is 0 Å². The number of benzene rings is 1. The first-order valence-electron chi connectivity index (χ1n) is 6.32. The Morgan fingerprint density at radius 3 is 2.22 bits per heavy atom. The third-order valence-electron chi connectivity index (χ3n) is 2.78. The summed E-state index contributed by atoms with van der Waals surface area (Å²) in [4.78, 5) is 0. The third-order valence-corrected chi connectivity index (χ3v) is 4.47. The van der Waals surface area contributed by atoms with E-state index in [2.05, 4.69) is 0 Å². The van der Waals surface area contributed by atoms with Crippen LogP contribution in [0.4, 0.5) is 0 Å². The van der Waals surface area contributed by atoms with Gasteiger partial charge >= 0.3 is 0 Å². The average Bonchev–Trinajstić information content (AvgIpc) is 2.12. The molecule has 0 bridgehead atoms. The van der Waals surface area contributed by atoms with Crippen LogP contribution >= 0.6 is 0 Å². The molecule has 1 aromatic carbocycles. The first-order valence-corrected chi connectivity index (χ1v) is 8.14. The zero-order valence-corrected chi connectivity index (χ0v) is 12.3. The molecule has 0 amide bonds. The van der Waals surface area contributed by atoms with Gasteiger partial charge < -0.3 is 5.73 Å². The first kappa shape index (κ1) is 15.2. The van der Waals surface area contributed by atoms with Crippen molar-refractivity contribution in [2.24, 2.45) is 5.73 Å². The molecule has 0 radical (unpaired) electrons. The summed E-state index contributed by atoms with van der Waals surface area (Å²) in [7, 11) is -3.02. The Bertz CT molecular complexity index is 472. The maximum absolute atomic E-state index is 12.0. The second-order valence-corrected chi connectivity index (χ2v) is 7.39. The highest BCUT2D eigenvalue weighted by Gasteiger charge is 2.12. The topological polar surface area (TPSA) is 60.2 Å². The predicted molar refractivity (Wildman–Crippen MR) is 76.3 cm³/mol. The van der Waals surface area contributed by atoms with Gasteiger partial charge in [-0.05, 0) is 39.2 Å². The maximum atomic E-state index is 12.0. The Morgan fingerprint density at radius 1 is 1.17 bits per heavy atom. The summed E-state index contributed by atoms with van der Waals surface area (Å²) < 4.78 is 23.9. The van der Waals surface area contributed by atoms with Gasteiger partial charge in [0.15, 0.2) is 9.84 Å². The van der Waals surface area contributed by atoms with Crippen molar-refractivity contribution in [3.8, 4) is 0 Å². The predicted octanol–water partition coefficient (Wildman–Crippen LogP) is 2.35. The summed E-state index contributed by atoms with van der Waals surface area (Å²) in [6, 6.07) is 6.00. The molecule has 0 aliphatic carbocycles. The van der Waals surface area contributed by atoms with Gasteiger partial charge in [0.1, 0.15) is 0 Å². The van der Waals surface area contributed by atoms with Crippen molar-refractivity contribution in [3.05, 3.63) is 34.9 Å². The van der Waals surface area contributed by atoms with Gasteiger partial charge in [-0.3, -0.25) is 0 Å². The summed E-state index contributed by atoms with van der Waals surface area (Å²) in [5, 5.41) is 0. The zero-order valence-electron chi connectivity index (χ0n) is 11.4. The molecule has 1 atom stereocenters. The normalized spacial score (nSPS) is 13.6. The van der Waals surface area contributed by atoms with Crippen LogP contribution in [0.15, 0.2) is 18.2 Å². The quantitative estimate of drug-likeness (QED) is 0.862. The minimum Gasteiger partial charge on any atom is -0.328 e. The van der Waals surface area contributed by atoms with E-state index >= 15 is 0 Å². The van der Waals surface area contributed by atoms with Gasteiger partial charge in [-0.2, -0.15) is 0 Å². The van der Waals surface area contributed by atoms with Crippen LogP contribution < -0.4 is 5.73 Å². The van der Waals surface area contributed by atoms with Crippen molar-refractivity contribution < 1.29 is 8.42 Å². The summed E-state index contributed by atoms with van der Waals surface area (Å²) in [5.74, 6) is 0.357. The summed E-state index contributed by atoms with van der Waals surface area (Å²) in [5.41, 5.74) is 8.72. The molecule has 0 fully saturated rings. The van der Waals surface area contributed by atoms with Crippen LogP contribution in [0.1, 0.15) is 36.5 Å². The second-order valence-electron chi connectivity index (χ2n) is 5.21. The van der Waals surface area contributed by atoms with E-state index in [1.807, 2.05) is 39.0 Å². The van der Waals surface area contributed by atoms with E-state index < -0.39 is 9.84 Å². The lowest BCUT2D eigenvalue weighted by molar-refractivity contribution is 0.584. The molecule has 102 valence electrons. The van der Waals surface area contributed by atoms with E-state index in [0.717, 1.165) is 23.1 Å². The smallest absolute Gasteiger partial charge is 0.154 e. The van der Waals surface area contributed by atoms with Crippen molar-refractivity contribution in [2.75, 3.05) is 5.75 Å². The lowest BCUT2D eigenvalue weighted by Crippen LogP contribution is -2.17. The van der Waals surface area contributed by atoms with Crippen molar-refractivity contribution in [2.45, 2.75) is 45.4 Å². The van der Waals surface area contributed by atoms with E-state index in [1.54, 1.807) is 0 Å². The van der Waals surface area contributed by atoms with Gasteiger partial charge in [-0.25, -0.2) is 8.42 Å². The van der Waals surface area contributed by atoms with Gasteiger partial charge in [-0.1, -0.05) is 29.3 Å². The Kier molecular flexibility index (Phi) is 5.35. The minimum absolute atomic E-state index is 0.0708. The highest BCUT2D eigenvalue weighted by molar-refractivity contribution is 7.90. The lowest BCUT2D eigenvalue weighted by atomic mass is 10.1. The van der Waals surface area contributed by atoms with Crippen LogP contribution in [0, 0.1) is 13.8 Å². The molecule has 4 heteroatoms. The van der Waals surface area contributed by atoms with Gasteiger partial charge in [0, 0.05) is 6.04 Å². The molecule has 0 spiro atoms. The molecular formula is C14H23NO2S. The number of sulfone groups is 1. The molecule has 0 aromatic heterocycles. The third kappa shape index (κ3) is 5.65. The molecule has 3 nitrogen and oxygen atoms in total. The average molecular weight is 269 g/mol. The molecule has 0 aliphatic heterocycles. The van der Waals surface area contributed by atoms with Crippen molar-refractivity contribution in [1.82, 2.24) is 0 Å². The zero-order chi connectivity index (χ0) is 13.8. The number of hydrogen-bond donors (Lipinski definition) is 1. The van der Waals surface area contributed by atoms with E-state index in [9.17, 15) is 8.42 Å². The van der Waals surface area contributed by atoms with Crippen LogP contribution in [0.3, 0.4) is 0 Å². The number of rotatable bonds is 6. The van der Waals surface area contributed by atoms with E-state index in [-0.39, 0.29) is 17.5 Å². The molecule has 0 saturated carbocycles. The van der Waals surface area contributed by atoms with Crippen LogP contribution in [0.2, 0.25) is 0 Å². The Morgan fingerprint density at radius 2 is 1.72 bits per heavy atom. The van der Waals surface area contributed by atoms with Gasteiger partial charge in [0.05, 0.1) is 11.5 Å². The summed E-state index contributed by atoms with van der Waals surface area (Å²) >= 11 is 0. The second kappa shape index (κ2) is 6.34. The van der Waals surface area contributed by atoms with Crippen molar-refractivity contribution >= 4 is 9.84 Å². The molecule has 0 saturated heterocycles. The SMILES string of the molecule is Cc1cc(C)cc(CS(=O)(=O)CCCC(C)N)c1. The maximum Gasteiger partial charge on any atom is 0.154 e. The van der Waals surface area contributed by atoms with Gasteiger partial charge in [-0.15, -0.1) is 0 Å². The van der Waals surface area contributed by atoms with E-state index in [1.165, 1.54) is 0 Å². The Labute approximate surface area is 110 Å². The molecule has 0 aliphatic rings. The number of nitrogens with two attached hydrogens (primary N) is 1. The largest absolute Gasteiger partial charge is 0.328 e. The summed E-state index contributed by atoms with van der Waals surface area (Å²) in [6.45, 7) is 5.87. The molecule has 2 N–H and O–H groups in total. The van der Waals surface area contributed by atoms with Gasteiger partial charge in [0.2, 0.25) is 0 Å². The van der Waals surface area contributed by atoms with Crippen LogP contribution in [-0.2, 0) is 15.6 Å². The highest BCUT2D eigenvalue weighted by Crippen LogP contribution is 2.13. The fourth-order valence-corrected chi connectivity index (χ4v) is 3.53. The molecular weight excluding hydrogens is 246 g/mol. The summed E-state index contributed by atoms with van der Waals surface area (Å²) in [6.07, 6.45) is 1.40. The van der Waals surface area contributed by atoms with E-state index in [4.69, 9.17) is 5.73 Å². The molecule has 1 rings (SSSR count). The molecule has 0 heterocycles. The standard InChI is InChI=1S/C14H23NO2S/c1-11-7-12(2)9-14(8-11)10-18(16,17)6-4-5-13(3)15/h7-9,13H,4-6,10,15H2,1-3H3. The lowest BCUT2D eigenvalue weighted by Gasteiger charge is -2.08. The molecule has 18 heavy (non-hydrogen) atoms. The number of aryl methyl sites for hydroxylation is 2. The van der Waals surface area contributed by atoms with Crippen molar-refractivity contribution in [3.63, 3.8) is 0 Å². The van der Waals surface area contributed by atoms with Gasteiger partial charge in [0.25, 0.3) is 0 Å². The Balaban J connectivity index is 2.64. The fourth-order valence-electron chi connectivity index (χ4n) is 2.10. The van der Waals surface area contributed by atoms with Crippen LogP contribution in [0.25, 0.3) is 0 Å². The number of hydrogen-bond acceptors (Lipinski definition) is 3. The molecule has 1 unspecified atom stereocenters. The minimum atomic E-state index is -3.02. The van der Waals surface area contributed by atoms with Crippen LogP contribution in [-0.4, -0.2) is 20.2 Å². The monoisotopic (exact) mass is 269 g/mol. The highest BCUT2D eigenvalue weighted by atomic mass is 32.2. The van der Waals surface area contributed by atoms with E-state index in [0.29, 0.717) is 6.42 Å². The van der Waals surface area contributed by atoms with Crippen molar-refractivity contribution in [1.29, 1.82) is 0 Å².